The van der Waals surface area contributed by atoms with Crippen molar-refractivity contribution in [3.63, 3.8) is 0 Å². The number of nitrogens with two attached hydrogens (primary N) is 1. The van der Waals surface area contributed by atoms with E-state index in [9.17, 15) is 13.5 Å². The number of sulfonamides is 1. The standard InChI is InChI=1S/C12H17ClN2O3S/c13-9-6-5-8(14)7-12(9)19(17,18)15-10-3-1-2-4-11(10)16/h5-7,10-11,15-16H,1-4,14H2/t10-,11-/m0/s1. The average Bonchev–Trinajstić information content (AvgIpc) is 2.35. The van der Waals surface area contributed by atoms with Gasteiger partial charge in [0.1, 0.15) is 4.90 Å². The van der Waals surface area contributed by atoms with Crippen LogP contribution in [0.1, 0.15) is 25.7 Å². The quantitative estimate of drug-likeness (QED) is 0.738. The molecule has 7 heteroatoms. The maximum Gasteiger partial charge on any atom is 0.242 e. The van der Waals surface area contributed by atoms with E-state index in [1.807, 2.05) is 0 Å². The van der Waals surface area contributed by atoms with E-state index >= 15 is 0 Å². The summed E-state index contributed by atoms with van der Waals surface area (Å²) in [5, 5.41) is 9.94. The molecule has 0 aliphatic heterocycles. The molecule has 0 heterocycles. The van der Waals surface area contributed by atoms with Gasteiger partial charge in [-0.15, -0.1) is 0 Å². The molecule has 0 radical (unpaired) electrons. The second-order valence-corrected chi connectivity index (χ2v) is 6.86. The Morgan fingerprint density at radius 2 is 2.00 bits per heavy atom. The van der Waals surface area contributed by atoms with Crippen LogP contribution in [0, 0.1) is 0 Å². The molecule has 0 aromatic heterocycles. The lowest BCUT2D eigenvalue weighted by Crippen LogP contribution is -2.45. The van der Waals surface area contributed by atoms with Gasteiger partial charge in [-0.1, -0.05) is 24.4 Å². The van der Waals surface area contributed by atoms with Gasteiger partial charge in [-0.2, -0.15) is 0 Å². The minimum Gasteiger partial charge on any atom is -0.399 e. The molecule has 1 aliphatic rings. The minimum absolute atomic E-state index is 0.0491. The Labute approximate surface area is 117 Å². The molecule has 4 N–H and O–H groups in total. The molecule has 2 atom stereocenters. The van der Waals surface area contributed by atoms with Gasteiger partial charge in [0.2, 0.25) is 10.0 Å². The van der Waals surface area contributed by atoms with E-state index < -0.39 is 22.2 Å². The predicted molar refractivity (Wildman–Crippen MR) is 74.4 cm³/mol. The molecule has 0 amide bonds. The number of aliphatic hydroxyl groups is 1. The smallest absolute Gasteiger partial charge is 0.242 e. The molecule has 19 heavy (non-hydrogen) atoms. The van der Waals surface area contributed by atoms with E-state index in [4.69, 9.17) is 17.3 Å². The van der Waals surface area contributed by atoms with E-state index in [1.165, 1.54) is 18.2 Å². The lowest BCUT2D eigenvalue weighted by atomic mass is 9.93. The maximum atomic E-state index is 12.3. The lowest BCUT2D eigenvalue weighted by Gasteiger charge is -2.28. The van der Waals surface area contributed by atoms with Gasteiger partial charge in [-0.25, -0.2) is 13.1 Å². The van der Waals surface area contributed by atoms with Gasteiger partial charge in [-0.05, 0) is 31.0 Å². The third-order valence-corrected chi connectivity index (χ3v) is 5.25. The van der Waals surface area contributed by atoms with Crippen LogP contribution in [0.4, 0.5) is 5.69 Å². The highest BCUT2D eigenvalue weighted by atomic mass is 35.5. The summed E-state index contributed by atoms with van der Waals surface area (Å²) in [6, 6.07) is 3.84. The van der Waals surface area contributed by atoms with Crippen molar-refractivity contribution in [2.45, 2.75) is 42.7 Å². The van der Waals surface area contributed by atoms with Crippen LogP contribution in [-0.4, -0.2) is 25.7 Å². The third-order valence-electron chi connectivity index (χ3n) is 3.28. The molecule has 0 unspecified atom stereocenters. The van der Waals surface area contributed by atoms with Crippen molar-refractivity contribution in [2.75, 3.05) is 5.73 Å². The molecule has 1 aliphatic carbocycles. The van der Waals surface area contributed by atoms with Gasteiger partial charge in [0, 0.05) is 11.7 Å². The number of nitrogens with one attached hydrogen (secondary N) is 1. The number of anilines is 1. The van der Waals surface area contributed by atoms with Gasteiger partial charge in [-0.3, -0.25) is 0 Å². The zero-order chi connectivity index (χ0) is 14.0. The Bertz CT molecular complexity index is 562. The molecule has 5 nitrogen and oxygen atoms in total. The topological polar surface area (TPSA) is 92.4 Å². The number of halogens is 1. The van der Waals surface area contributed by atoms with Gasteiger partial charge < -0.3 is 10.8 Å². The molecule has 1 fully saturated rings. The second-order valence-electron chi connectivity index (χ2n) is 4.77. The fraction of sp³-hybridized carbons (Fsp3) is 0.500. The van der Waals surface area contributed by atoms with Gasteiger partial charge in [0.25, 0.3) is 0 Å². The SMILES string of the molecule is Nc1ccc(Cl)c(S(=O)(=O)N[C@H]2CCCC[C@@H]2O)c1. The highest BCUT2D eigenvalue weighted by Crippen LogP contribution is 2.26. The molecule has 1 aromatic carbocycles. The largest absolute Gasteiger partial charge is 0.399 e. The first-order valence-electron chi connectivity index (χ1n) is 6.15. The number of rotatable bonds is 3. The molecule has 2 rings (SSSR count). The van der Waals surface area contributed by atoms with Crippen molar-refractivity contribution >= 4 is 27.3 Å². The Kier molecular flexibility index (Phi) is 4.35. The van der Waals surface area contributed by atoms with Crippen LogP contribution in [-0.2, 0) is 10.0 Å². The van der Waals surface area contributed by atoms with E-state index in [-0.39, 0.29) is 9.92 Å². The summed E-state index contributed by atoms with van der Waals surface area (Å²) in [6.45, 7) is 0. The van der Waals surface area contributed by atoms with Crippen molar-refractivity contribution in [3.05, 3.63) is 23.2 Å². The van der Waals surface area contributed by atoms with Crippen LogP contribution < -0.4 is 10.5 Å². The molecule has 1 aromatic rings. The molecule has 106 valence electrons. The van der Waals surface area contributed by atoms with Crippen molar-refractivity contribution in [1.82, 2.24) is 4.72 Å². The van der Waals surface area contributed by atoms with E-state index in [2.05, 4.69) is 4.72 Å². The fourth-order valence-electron chi connectivity index (χ4n) is 2.24. The summed E-state index contributed by atoms with van der Waals surface area (Å²) < 4.78 is 27.0. The van der Waals surface area contributed by atoms with Crippen molar-refractivity contribution in [1.29, 1.82) is 0 Å². The number of hydrogen-bond donors (Lipinski definition) is 3. The van der Waals surface area contributed by atoms with Gasteiger partial charge >= 0.3 is 0 Å². The first-order valence-corrected chi connectivity index (χ1v) is 8.02. The third kappa shape index (κ3) is 3.39. The Morgan fingerprint density at radius 3 is 2.68 bits per heavy atom. The number of benzene rings is 1. The van der Waals surface area contributed by atoms with E-state index in [1.54, 1.807) is 0 Å². The first-order chi connectivity index (χ1) is 8.90. The molecular weight excluding hydrogens is 288 g/mol. The van der Waals surface area contributed by atoms with Crippen molar-refractivity contribution < 1.29 is 13.5 Å². The normalized spacial score (nSPS) is 24.3. The van der Waals surface area contributed by atoms with E-state index in [0.717, 1.165) is 12.8 Å². The van der Waals surface area contributed by atoms with Crippen molar-refractivity contribution in [2.24, 2.45) is 0 Å². The molecule has 0 saturated heterocycles. The Hall–Kier alpha value is -0.820. The second kappa shape index (κ2) is 5.66. The highest BCUT2D eigenvalue weighted by molar-refractivity contribution is 7.89. The van der Waals surface area contributed by atoms with Crippen LogP contribution in [0.25, 0.3) is 0 Å². The van der Waals surface area contributed by atoms with Crippen molar-refractivity contribution in [3.8, 4) is 0 Å². The first kappa shape index (κ1) is 14.6. The monoisotopic (exact) mass is 304 g/mol. The van der Waals surface area contributed by atoms with Crippen LogP contribution in [0.5, 0.6) is 0 Å². The molecule has 0 spiro atoms. The predicted octanol–water partition coefficient (Wildman–Crippen LogP) is 1.50. The lowest BCUT2D eigenvalue weighted by molar-refractivity contribution is 0.101. The summed E-state index contributed by atoms with van der Waals surface area (Å²) in [4.78, 5) is -0.0491. The summed E-state index contributed by atoms with van der Waals surface area (Å²) >= 11 is 5.90. The van der Waals surface area contributed by atoms with Crippen LogP contribution in [0.2, 0.25) is 5.02 Å². The van der Waals surface area contributed by atoms with Crippen LogP contribution >= 0.6 is 11.6 Å². The van der Waals surface area contributed by atoms with Gasteiger partial charge in [0.05, 0.1) is 11.1 Å². The van der Waals surface area contributed by atoms with E-state index in [0.29, 0.717) is 18.5 Å². The molecule has 0 bridgehead atoms. The molecule has 1 saturated carbocycles. The molecular formula is C12H17ClN2O3S. The zero-order valence-electron chi connectivity index (χ0n) is 10.3. The summed E-state index contributed by atoms with van der Waals surface area (Å²) in [7, 11) is -3.77. The maximum absolute atomic E-state index is 12.3. The van der Waals surface area contributed by atoms with Crippen LogP contribution in [0.15, 0.2) is 23.1 Å². The number of aliphatic hydroxyl groups excluding tert-OH is 1. The van der Waals surface area contributed by atoms with Gasteiger partial charge in [0.15, 0.2) is 0 Å². The average molecular weight is 305 g/mol. The fourth-order valence-corrected chi connectivity index (χ4v) is 4.08. The summed E-state index contributed by atoms with van der Waals surface area (Å²) in [6.07, 6.45) is 2.40. The number of nitrogen functional groups attached to an aromatic ring is 1. The zero-order valence-corrected chi connectivity index (χ0v) is 11.9. The summed E-state index contributed by atoms with van der Waals surface area (Å²) in [5.41, 5.74) is 5.91. The highest BCUT2D eigenvalue weighted by Gasteiger charge is 2.29. The van der Waals surface area contributed by atoms with Crippen LogP contribution in [0.3, 0.4) is 0 Å². The Morgan fingerprint density at radius 1 is 1.32 bits per heavy atom. The Balaban J connectivity index is 2.24. The summed E-state index contributed by atoms with van der Waals surface area (Å²) in [5.74, 6) is 0. The number of hydrogen-bond acceptors (Lipinski definition) is 4. The minimum atomic E-state index is -3.77.